The number of hydrogen-bond acceptors (Lipinski definition) is 7. The van der Waals surface area contributed by atoms with Crippen molar-refractivity contribution in [2.45, 2.75) is 25.9 Å². The Morgan fingerprint density at radius 3 is 2.68 bits per heavy atom. The quantitative estimate of drug-likeness (QED) is 0.823. The van der Waals surface area contributed by atoms with Crippen molar-refractivity contribution >= 4 is 17.5 Å². The average molecular weight is 383 g/mol. The number of methoxy groups -OCH3 is 1. The van der Waals surface area contributed by atoms with Crippen LogP contribution in [0.5, 0.6) is 5.75 Å². The van der Waals surface area contributed by atoms with E-state index in [-0.39, 0.29) is 6.10 Å². The molecule has 1 aromatic heterocycles. The summed E-state index contributed by atoms with van der Waals surface area (Å²) < 4.78 is 11.2. The number of nitrogens with one attached hydrogen (secondary N) is 1. The summed E-state index contributed by atoms with van der Waals surface area (Å²) in [6, 6.07) is 10.3. The summed E-state index contributed by atoms with van der Waals surface area (Å²) in [7, 11) is 1.73. The van der Waals surface area contributed by atoms with Gasteiger partial charge in [0, 0.05) is 51.1 Å². The maximum Gasteiger partial charge on any atom is 0.224 e. The third-order valence-electron chi connectivity index (χ3n) is 5.38. The van der Waals surface area contributed by atoms with Crippen molar-refractivity contribution in [1.82, 2.24) is 9.97 Å². The van der Waals surface area contributed by atoms with Crippen LogP contribution in [0.25, 0.3) is 0 Å². The number of rotatable bonds is 6. The van der Waals surface area contributed by atoms with E-state index in [9.17, 15) is 0 Å². The van der Waals surface area contributed by atoms with Crippen molar-refractivity contribution in [2.75, 3.05) is 61.6 Å². The lowest BCUT2D eigenvalue weighted by Crippen LogP contribution is -2.47. The van der Waals surface area contributed by atoms with Crippen LogP contribution in [0.2, 0.25) is 0 Å². The van der Waals surface area contributed by atoms with Gasteiger partial charge < -0.3 is 24.6 Å². The van der Waals surface area contributed by atoms with Crippen LogP contribution < -0.4 is 19.9 Å². The Morgan fingerprint density at radius 1 is 1.14 bits per heavy atom. The van der Waals surface area contributed by atoms with Crippen LogP contribution in [0.15, 0.2) is 30.3 Å². The van der Waals surface area contributed by atoms with E-state index in [4.69, 9.17) is 14.5 Å². The Balaban J connectivity index is 1.39. The monoisotopic (exact) mass is 383 g/mol. The molecule has 2 aliphatic heterocycles. The molecule has 0 radical (unpaired) electrons. The van der Waals surface area contributed by atoms with Crippen molar-refractivity contribution in [1.29, 1.82) is 0 Å². The van der Waals surface area contributed by atoms with Gasteiger partial charge in [-0.3, -0.25) is 0 Å². The number of nitrogens with zero attached hydrogens (tertiary/aromatic N) is 4. The second-order valence-electron chi connectivity index (χ2n) is 7.35. The SMILES string of the molecule is COc1ccccc1N1CCN(c2cc(C)nc(NCC3CCCO3)n2)CC1. The number of aryl methyl sites for hydroxylation is 1. The van der Waals surface area contributed by atoms with Crippen LogP contribution in [0, 0.1) is 6.92 Å². The number of hydrogen-bond donors (Lipinski definition) is 1. The Kier molecular flexibility index (Phi) is 5.81. The molecule has 0 amide bonds. The Labute approximate surface area is 166 Å². The molecule has 3 heterocycles. The van der Waals surface area contributed by atoms with E-state index in [1.807, 2.05) is 19.1 Å². The minimum atomic E-state index is 0.275. The zero-order valence-electron chi connectivity index (χ0n) is 16.7. The predicted octanol–water partition coefficient (Wildman–Crippen LogP) is 2.71. The Bertz CT molecular complexity index is 786. The van der Waals surface area contributed by atoms with Crippen LogP contribution in [0.4, 0.5) is 17.5 Å². The predicted molar refractivity (Wildman–Crippen MR) is 112 cm³/mol. The van der Waals surface area contributed by atoms with Gasteiger partial charge in [-0.05, 0) is 31.9 Å². The van der Waals surface area contributed by atoms with E-state index in [0.717, 1.165) is 75.1 Å². The van der Waals surface area contributed by atoms with Crippen molar-refractivity contribution in [3.8, 4) is 5.75 Å². The third kappa shape index (κ3) is 4.30. The first kappa shape index (κ1) is 18.8. The fraction of sp³-hybridized carbons (Fsp3) is 0.524. The van der Waals surface area contributed by atoms with E-state index in [2.05, 4.69) is 38.3 Å². The zero-order valence-corrected chi connectivity index (χ0v) is 16.7. The first-order valence-electron chi connectivity index (χ1n) is 10.1. The molecule has 150 valence electrons. The van der Waals surface area contributed by atoms with Crippen molar-refractivity contribution in [3.05, 3.63) is 36.0 Å². The summed E-state index contributed by atoms with van der Waals surface area (Å²) in [6.45, 7) is 7.35. The van der Waals surface area contributed by atoms with Crippen LogP contribution in [0.3, 0.4) is 0 Å². The number of piperazine rings is 1. The Hall–Kier alpha value is -2.54. The number of ether oxygens (including phenoxy) is 2. The van der Waals surface area contributed by atoms with Gasteiger partial charge >= 0.3 is 0 Å². The standard InChI is InChI=1S/C21H29N5O2/c1-16-14-20(24-21(23-16)22-15-17-6-5-13-28-17)26-11-9-25(10-12-26)18-7-3-4-8-19(18)27-2/h3-4,7-8,14,17H,5-6,9-13,15H2,1-2H3,(H,22,23,24). The topological polar surface area (TPSA) is 62.8 Å². The fourth-order valence-corrected chi connectivity index (χ4v) is 3.87. The Morgan fingerprint density at radius 2 is 1.93 bits per heavy atom. The highest BCUT2D eigenvalue weighted by Crippen LogP contribution is 2.29. The minimum Gasteiger partial charge on any atom is -0.495 e. The molecule has 0 aliphatic carbocycles. The first-order valence-corrected chi connectivity index (χ1v) is 10.1. The molecular formula is C21H29N5O2. The number of aromatic nitrogens is 2. The lowest BCUT2D eigenvalue weighted by molar-refractivity contribution is 0.120. The summed E-state index contributed by atoms with van der Waals surface area (Å²) in [5, 5.41) is 3.36. The number of para-hydroxylation sites is 2. The molecular weight excluding hydrogens is 354 g/mol. The molecule has 1 N–H and O–H groups in total. The van der Waals surface area contributed by atoms with Crippen molar-refractivity contribution in [3.63, 3.8) is 0 Å². The molecule has 4 rings (SSSR count). The fourth-order valence-electron chi connectivity index (χ4n) is 3.87. The number of benzene rings is 1. The van der Waals surface area contributed by atoms with Crippen LogP contribution in [0.1, 0.15) is 18.5 Å². The summed E-state index contributed by atoms with van der Waals surface area (Å²) in [6.07, 6.45) is 2.52. The molecule has 2 fully saturated rings. The van der Waals surface area contributed by atoms with E-state index in [1.54, 1.807) is 7.11 Å². The minimum absolute atomic E-state index is 0.275. The summed E-state index contributed by atoms with van der Waals surface area (Å²) in [5.41, 5.74) is 2.13. The molecule has 2 aliphatic rings. The van der Waals surface area contributed by atoms with Gasteiger partial charge in [-0.25, -0.2) is 4.98 Å². The molecule has 7 nitrogen and oxygen atoms in total. The second kappa shape index (κ2) is 8.65. The highest BCUT2D eigenvalue weighted by Gasteiger charge is 2.21. The van der Waals surface area contributed by atoms with Crippen molar-refractivity contribution < 1.29 is 9.47 Å². The highest BCUT2D eigenvalue weighted by atomic mass is 16.5. The van der Waals surface area contributed by atoms with Gasteiger partial charge in [-0.2, -0.15) is 4.98 Å². The highest BCUT2D eigenvalue weighted by molar-refractivity contribution is 5.59. The second-order valence-corrected chi connectivity index (χ2v) is 7.35. The van der Waals surface area contributed by atoms with Crippen LogP contribution in [-0.4, -0.2) is 62.5 Å². The zero-order chi connectivity index (χ0) is 19.3. The normalized spacial score (nSPS) is 19.7. The molecule has 1 atom stereocenters. The maximum absolute atomic E-state index is 5.68. The van der Waals surface area contributed by atoms with E-state index < -0.39 is 0 Å². The van der Waals surface area contributed by atoms with E-state index in [1.165, 1.54) is 0 Å². The van der Waals surface area contributed by atoms with Gasteiger partial charge in [0.05, 0.1) is 18.9 Å². The van der Waals surface area contributed by atoms with Gasteiger partial charge in [0.15, 0.2) is 0 Å². The van der Waals surface area contributed by atoms with E-state index in [0.29, 0.717) is 5.95 Å². The largest absolute Gasteiger partial charge is 0.495 e. The van der Waals surface area contributed by atoms with Gasteiger partial charge in [0.1, 0.15) is 11.6 Å². The van der Waals surface area contributed by atoms with Crippen LogP contribution in [-0.2, 0) is 4.74 Å². The molecule has 2 aromatic rings. The average Bonchev–Trinajstić information content (AvgIpc) is 3.26. The van der Waals surface area contributed by atoms with Gasteiger partial charge in [-0.15, -0.1) is 0 Å². The van der Waals surface area contributed by atoms with Gasteiger partial charge in [0.25, 0.3) is 0 Å². The van der Waals surface area contributed by atoms with Crippen molar-refractivity contribution in [2.24, 2.45) is 0 Å². The van der Waals surface area contributed by atoms with Gasteiger partial charge in [-0.1, -0.05) is 12.1 Å². The lowest BCUT2D eigenvalue weighted by atomic mass is 10.2. The molecule has 1 aromatic carbocycles. The first-order chi connectivity index (χ1) is 13.7. The third-order valence-corrected chi connectivity index (χ3v) is 5.38. The maximum atomic E-state index is 5.68. The molecule has 0 saturated carbocycles. The molecule has 1 unspecified atom stereocenters. The van der Waals surface area contributed by atoms with E-state index >= 15 is 0 Å². The summed E-state index contributed by atoms with van der Waals surface area (Å²) in [5.74, 6) is 2.61. The van der Waals surface area contributed by atoms with Crippen LogP contribution >= 0.6 is 0 Å². The molecule has 2 saturated heterocycles. The summed E-state index contributed by atoms with van der Waals surface area (Å²) in [4.78, 5) is 14.0. The molecule has 28 heavy (non-hydrogen) atoms. The lowest BCUT2D eigenvalue weighted by Gasteiger charge is -2.37. The number of anilines is 3. The molecule has 7 heteroatoms. The molecule has 0 spiro atoms. The molecule has 0 bridgehead atoms. The summed E-state index contributed by atoms with van der Waals surface area (Å²) >= 11 is 0. The van der Waals surface area contributed by atoms with Gasteiger partial charge in [0.2, 0.25) is 5.95 Å². The smallest absolute Gasteiger partial charge is 0.224 e.